The molecule has 4 nitrogen and oxygen atoms in total. The lowest BCUT2D eigenvalue weighted by molar-refractivity contribution is 0.0602. The molecule has 2 aromatic carbocycles. The van der Waals surface area contributed by atoms with Crippen LogP contribution >= 0.6 is 0 Å². The highest BCUT2D eigenvalue weighted by Crippen LogP contribution is 2.38. The highest BCUT2D eigenvalue weighted by molar-refractivity contribution is 6.16. The van der Waals surface area contributed by atoms with Crippen LogP contribution in [0.2, 0.25) is 0 Å². The first kappa shape index (κ1) is 17.7. The van der Waals surface area contributed by atoms with Gasteiger partial charge in [0.15, 0.2) is 0 Å². The predicted octanol–water partition coefficient (Wildman–Crippen LogP) is 5.49. The molecule has 27 heavy (non-hydrogen) atoms. The second-order valence-electron chi connectivity index (χ2n) is 7.30. The highest BCUT2D eigenvalue weighted by atomic mass is 16.5. The maximum atomic E-state index is 12.5. The van der Waals surface area contributed by atoms with E-state index in [1.54, 1.807) is 6.07 Å². The highest BCUT2D eigenvalue weighted by Gasteiger charge is 2.23. The number of methoxy groups -OCH3 is 1. The molecular formula is C23H25NO3. The Kier molecular flexibility index (Phi) is 4.65. The maximum absolute atomic E-state index is 12.5. The molecule has 0 saturated heterocycles. The third-order valence-corrected chi connectivity index (χ3v) is 5.73. The average Bonchev–Trinajstić information content (AvgIpc) is 2.98. The van der Waals surface area contributed by atoms with Gasteiger partial charge in [-0.3, -0.25) is 0 Å². The van der Waals surface area contributed by atoms with Gasteiger partial charge in [-0.1, -0.05) is 35.9 Å². The fraction of sp³-hybridized carbons (Fsp3) is 0.348. The van der Waals surface area contributed by atoms with E-state index in [0.29, 0.717) is 5.56 Å². The van der Waals surface area contributed by atoms with Crippen LogP contribution in [-0.2, 0) is 11.3 Å². The Morgan fingerprint density at radius 3 is 2.67 bits per heavy atom. The number of aromatic hydroxyl groups is 1. The van der Waals surface area contributed by atoms with Gasteiger partial charge < -0.3 is 14.4 Å². The molecule has 1 aliphatic carbocycles. The van der Waals surface area contributed by atoms with Gasteiger partial charge in [0.2, 0.25) is 0 Å². The first-order valence-electron chi connectivity index (χ1n) is 9.61. The molecule has 0 fully saturated rings. The van der Waals surface area contributed by atoms with Gasteiger partial charge in [-0.25, -0.2) is 4.79 Å². The van der Waals surface area contributed by atoms with E-state index in [1.165, 1.54) is 38.4 Å². The van der Waals surface area contributed by atoms with Gasteiger partial charge in [0, 0.05) is 28.4 Å². The second-order valence-corrected chi connectivity index (χ2v) is 7.30. The van der Waals surface area contributed by atoms with Gasteiger partial charge in [-0.05, 0) is 45.1 Å². The maximum Gasteiger partial charge on any atom is 0.340 e. The Bertz CT molecular complexity index is 1060. The van der Waals surface area contributed by atoms with Crippen LogP contribution in [0.3, 0.4) is 0 Å². The Morgan fingerprint density at radius 1 is 1.19 bits per heavy atom. The van der Waals surface area contributed by atoms with Crippen molar-refractivity contribution in [3.63, 3.8) is 0 Å². The average molecular weight is 363 g/mol. The lowest BCUT2D eigenvalue weighted by Gasteiger charge is -2.15. The quantitative estimate of drug-likeness (QED) is 0.493. The lowest BCUT2D eigenvalue weighted by atomic mass is 9.97. The van der Waals surface area contributed by atoms with Crippen LogP contribution in [0.5, 0.6) is 5.75 Å². The van der Waals surface area contributed by atoms with Crippen molar-refractivity contribution < 1.29 is 14.6 Å². The van der Waals surface area contributed by atoms with Crippen LogP contribution in [0.1, 0.15) is 48.2 Å². The van der Waals surface area contributed by atoms with Gasteiger partial charge in [-0.2, -0.15) is 0 Å². The van der Waals surface area contributed by atoms with Gasteiger partial charge in [0.1, 0.15) is 5.75 Å². The standard InChI is InChI=1S/C23H25NO3/c1-15-21(23(26)27-2)19-14-20(25)17-10-6-7-11-18(17)22(19)24(15)13-12-16-8-4-3-5-9-16/h6-8,10-11,14,25H,3-5,9,12-13H2,1-2H3. The van der Waals surface area contributed by atoms with Crippen LogP contribution in [0.25, 0.3) is 21.7 Å². The molecule has 1 N–H and O–H groups in total. The molecule has 0 spiro atoms. The van der Waals surface area contributed by atoms with E-state index in [1.807, 2.05) is 31.2 Å². The largest absolute Gasteiger partial charge is 0.507 e. The SMILES string of the molecule is COC(=O)c1c(C)n(CCC2=CCCCC2)c2c1cc(O)c1ccccc12. The van der Waals surface area contributed by atoms with Gasteiger partial charge in [0.25, 0.3) is 0 Å². The van der Waals surface area contributed by atoms with Crippen molar-refractivity contribution in [1.29, 1.82) is 0 Å². The van der Waals surface area contributed by atoms with E-state index >= 15 is 0 Å². The molecule has 0 saturated carbocycles. The summed E-state index contributed by atoms with van der Waals surface area (Å²) in [4.78, 5) is 12.5. The molecule has 0 radical (unpaired) electrons. The molecule has 1 heterocycles. The molecule has 4 rings (SSSR count). The number of aryl methyl sites for hydroxylation is 1. The number of rotatable bonds is 4. The number of esters is 1. The smallest absolute Gasteiger partial charge is 0.340 e. The van der Waals surface area contributed by atoms with E-state index < -0.39 is 0 Å². The number of ether oxygens (including phenoxy) is 1. The van der Waals surface area contributed by atoms with Crippen LogP contribution < -0.4 is 0 Å². The Hall–Kier alpha value is -2.75. The molecule has 0 bridgehead atoms. The number of hydrogen-bond donors (Lipinski definition) is 1. The van der Waals surface area contributed by atoms with E-state index in [-0.39, 0.29) is 11.7 Å². The van der Waals surface area contributed by atoms with E-state index in [2.05, 4.69) is 10.6 Å². The zero-order chi connectivity index (χ0) is 19.0. The summed E-state index contributed by atoms with van der Waals surface area (Å²) in [5, 5.41) is 13.0. The molecule has 140 valence electrons. The van der Waals surface area contributed by atoms with Crippen molar-refractivity contribution in [3.05, 3.63) is 53.2 Å². The number of benzene rings is 2. The van der Waals surface area contributed by atoms with E-state index in [0.717, 1.165) is 40.3 Å². The third-order valence-electron chi connectivity index (χ3n) is 5.73. The number of phenolic OH excluding ortho intramolecular Hbond substituents is 1. The van der Waals surface area contributed by atoms with Crippen molar-refractivity contribution >= 4 is 27.6 Å². The van der Waals surface area contributed by atoms with E-state index in [9.17, 15) is 9.90 Å². The normalized spacial score (nSPS) is 14.5. The molecule has 1 aliphatic rings. The van der Waals surface area contributed by atoms with Crippen molar-refractivity contribution in [2.45, 2.75) is 45.6 Å². The minimum absolute atomic E-state index is 0.190. The molecule has 0 aliphatic heterocycles. The minimum Gasteiger partial charge on any atom is -0.507 e. The summed E-state index contributed by atoms with van der Waals surface area (Å²) in [5.41, 5.74) is 3.94. The summed E-state index contributed by atoms with van der Waals surface area (Å²) in [7, 11) is 1.40. The summed E-state index contributed by atoms with van der Waals surface area (Å²) in [6.07, 6.45) is 8.25. The Balaban J connectivity index is 1.93. The number of aromatic nitrogens is 1. The van der Waals surface area contributed by atoms with Crippen molar-refractivity contribution in [2.75, 3.05) is 7.11 Å². The van der Waals surface area contributed by atoms with Crippen LogP contribution in [0.15, 0.2) is 42.0 Å². The zero-order valence-corrected chi connectivity index (χ0v) is 15.9. The summed E-state index contributed by atoms with van der Waals surface area (Å²) < 4.78 is 7.26. The zero-order valence-electron chi connectivity index (χ0n) is 15.9. The van der Waals surface area contributed by atoms with Gasteiger partial charge in [-0.15, -0.1) is 0 Å². The van der Waals surface area contributed by atoms with Crippen molar-refractivity contribution in [1.82, 2.24) is 4.57 Å². The first-order chi connectivity index (χ1) is 13.1. The molecule has 0 atom stereocenters. The van der Waals surface area contributed by atoms with Gasteiger partial charge in [0.05, 0.1) is 18.2 Å². The molecule has 0 unspecified atom stereocenters. The molecule has 0 amide bonds. The predicted molar refractivity (Wildman–Crippen MR) is 108 cm³/mol. The second kappa shape index (κ2) is 7.10. The van der Waals surface area contributed by atoms with Crippen molar-refractivity contribution in [3.8, 4) is 5.75 Å². The van der Waals surface area contributed by atoms with Crippen molar-refractivity contribution in [2.24, 2.45) is 0 Å². The fourth-order valence-electron chi connectivity index (χ4n) is 4.35. The number of allylic oxidation sites excluding steroid dienone is 2. The number of nitrogens with zero attached hydrogens (tertiary/aromatic N) is 1. The Morgan fingerprint density at radius 2 is 1.96 bits per heavy atom. The topological polar surface area (TPSA) is 51.5 Å². The summed E-state index contributed by atoms with van der Waals surface area (Å²) in [6, 6.07) is 9.51. The number of fused-ring (bicyclic) bond motifs is 3. The minimum atomic E-state index is -0.359. The fourth-order valence-corrected chi connectivity index (χ4v) is 4.35. The first-order valence-corrected chi connectivity index (χ1v) is 9.61. The monoisotopic (exact) mass is 363 g/mol. The molecular weight excluding hydrogens is 338 g/mol. The number of carbonyl (C=O) groups excluding carboxylic acids is 1. The number of phenols is 1. The van der Waals surface area contributed by atoms with Gasteiger partial charge >= 0.3 is 5.97 Å². The molecule has 4 heteroatoms. The van der Waals surface area contributed by atoms with Crippen LogP contribution in [0, 0.1) is 6.92 Å². The Labute approximate surface area is 159 Å². The number of hydrogen-bond acceptors (Lipinski definition) is 3. The summed E-state index contributed by atoms with van der Waals surface area (Å²) in [6.45, 7) is 2.78. The lowest BCUT2D eigenvalue weighted by Crippen LogP contribution is -2.06. The third kappa shape index (κ3) is 2.99. The van der Waals surface area contributed by atoms with Crippen LogP contribution in [0.4, 0.5) is 0 Å². The van der Waals surface area contributed by atoms with Crippen LogP contribution in [-0.4, -0.2) is 22.8 Å². The number of carbonyl (C=O) groups is 1. The summed E-state index contributed by atoms with van der Waals surface area (Å²) >= 11 is 0. The van der Waals surface area contributed by atoms with E-state index in [4.69, 9.17) is 4.74 Å². The molecule has 3 aromatic rings. The molecule has 1 aromatic heterocycles. The summed E-state index contributed by atoms with van der Waals surface area (Å²) in [5.74, 6) is -0.168.